The van der Waals surface area contributed by atoms with Gasteiger partial charge in [-0.3, -0.25) is 0 Å². The summed E-state index contributed by atoms with van der Waals surface area (Å²) in [5.74, 6) is 4.30. The average Bonchev–Trinajstić information content (AvgIpc) is 3.87. The first kappa shape index (κ1) is 37.8. The molecular formula is C57H45N5S. The summed E-state index contributed by atoms with van der Waals surface area (Å²) < 4.78 is 4.55. The van der Waals surface area contributed by atoms with E-state index in [4.69, 9.17) is 15.0 Å². The predicted molar refractivity (Wildman–Crippen MR) is 260 cm³/mol. The van der Waals surface area contributed by atoms with Gasteiger partial charge in [0, 0.05) is 53.3 Å². The van der Waals surface area contributed by atoms with Crippen LogP contribution in [0.2, 0.25) is 0 Å². The molecule has 10 aromatic rings. The molecule has 3 heterocycles. The minimum absolute atomic E-state index is 0.317. The highest BCUT2D eigenvalue weighted by atomic mass is 32.1. The van der Waals surface area contributed by atoms with Gasteiger partial charge in [-0.1, -0.05) is 129 Å². The molecule has 2 bridgehead atoms. The molecule has 0 amide bonds. The monoisotopic (exact) mass is 831 g/mol. The second-order valence-corrected chi connectivity index (χ2v) is 19.5. The Morgan fingerprint density at radius 2 is 1.24 bits per heavy atom. The molecular weight excluding hydrogens is 787 g/mol. The standard InChI is InChI=1S/C57H45N5S/c1-35-27-38-28-36(2)32-57(31-35,33-38)42-24-22-39(23-25-42)41-13-8-14-43(30-41)62-49-19-7-6-15-46(49)52-47(17-10-20-50(52)62)55-59-54(40-11-4-3-5-12-40)60-56(61-55)48-18-9-16-45-44-26-21-37(34-58)29-51(44)63-53(45)48/h3-26,29-30,35-36,38H,27-28,31-33H2,1-2H3/t35-,36+,38?,57?. The van der Waals surface area contributed by atoms with Crippen molar-refractivity contribution in [2.24, 2.45) is 17.8 Å². The second kappa shape index (κ2) is 14.9. The zero-order valence-corrected chi connectivity index (χ0v) is 36.2. The number of fused-ring (bicyclic) bond motifs is 8. The Kier molecular flexibility index (Phi) is 8.91. The van der Waals surface area contributed by atoms with E-state index in [-0.39, 0.29) is 0 Å². The van der Waals surface area contributed by atoms with Crippen LogP contribution < -0.4 is 0 Å². The van der Waals surface area contributed by atoms with E-state index in [9.17, 15) is 5.26 Å². The molecule has 6 heteroatoms. The molecule has 2 saturated carbocycles. The van der Waals surface area contributed by atoms with Gasteiger partial charge in [0.15, 0.2) is 17.5 Å². The third-order valence-corrected chi connectivity index (χ3v) is 15.2. The Morgan fingerprint density at radius 1 is 0.571 bits per heavy atom. The topological polar surface area (TPSA) is 67.4 Å². The van der Waals surface area contributed by atoms with Crippen LogP contribution in [0.4, 0.5) is 0 Å². The highest BCUT2D eigenvalue weighted by Crippen LogP contribution is 2.54. The van der Waals surface area contributed by atoms with E-state index in [1.165, 1.54) is 48.8 Å². The van der Waals surface area contributed by atoms with Crippen LogP contribution in [-0.4, -0.2) is 19.5 Å². The second-order valence-electron chi connectivity index (χ2n) is 18.4. The maximum atomic E-state index is 9.66. The third-order valence-electron chi connectivity index (χ3n) is 14.0. The number of hydrogen-bond acceptors (Lipinski definition) is 5. The zero-order valence-electron chi connectivity index (χ0n) is 35.4. The predicted octanol–water partition coefficient (Wildman–Crippen LogP) is 15.0. The van der Waals surface area contributed by atoms with Gasteiger partial charge < -0.3 is 4.57 Å². The van der Waals surface area contributed by atoms with Gasteiger partial charge in [0.05, 0.1) is 22.7 Å². The van der Waals surface area contributed by atoms with Crippen LogP contribution in [0.25, 0.3) is 93.0 Å². The number of nitrogens with zero attached hydrogens (tertiary/aromatic N) is 5. The van der Waals surface area contributed by atoms with Crippen LogP contribution in [-0.2, 0) is 5.41 Å². The first-order chi connectivity index (χ1) is 30.9. The summed E-state index contributed by atoms with van der Waals surface area (Å²) in [4.78, 5) is 15.7. The summed E-state index contributed by atoms with van der Waals surface area (Å²) >= 11 is 1.68. The van der Waals surface area contributed by atoms with Crippen LogP contribution >= 0.6 is 11.3 Å². The van der Waals surface area contributed by atoms with Crippen molar-refractivity contribution in [3.8, 4) is 57.0 Å². The molecule has 0 spiro atoms. The summed E-state index contributed by atoms with van der Waals surface area (Å²) in [7, 11) is 0. The lowest BCUT2D eigenvalue weighted by Crippen LogP contribution is -2.42. The van der Waals surface area contributed by atoms with E-state index in [0.717, 1.165) is 82.1 Å². The molecule has 3 aromatic heterocycles. The van der Waals surface area contributed by atoms with Crippen molar-refractivity contribution in [3.05, 3.63) is 169 Å². The Balaban J connectivity index is 0.994. The van der Waals surface area contributed by atoms with E-state index in [0.29, 0.717) is 28.5 Å². The van der Waals surface area contributed by atoms with Crippen LogP contribution in [0.5, 0.6) is 0 Å². The minimum atomic E-state index is 0.317. The Morgan fingerprint density at radius 3 is 2.05 bits per heavy atom. The number of aromatic nitrogens is 4. The normalized spacial score (nSPS) is 19.8. The largest absolute Gasteiger partial charge is 0.309 e. The van der Waals surface area contributed by atoms with Gasteiger partial charge in [0.1, 0.15) is 0 Å². The first-order valence-electron chi connectivity index (χ1n) is 22.3. The molecule has 2 fully saturated rings. The van der Waals surface area contributed by atoms with Crippen LogP contribution in [0, 0.1) is 29.1 Å². The van der Waals surface area contributed by atoms with E-state index in [1.54, 1.807) is 11.3 Å². The number of rotatable bonds is 6. The molecule has 0 aliphatic heterocycles. The van der Waals surface area contributed by atoms with Crippen molar-refractivity contribution in [2.45, 2.75) is 51.4 Å². The number of nitriles is 1. The van der Waals surface area contributed by atoms with Gasteiger partial charge in [0.25, 0.3) is 0 Å². The number of benzene rings is 7. The number of para-hydroxylation sites is 1. The van der Waals surface area contributed by atoms with Gasteiger partial charge in [-0.15, -0.1) is 11.3 Å². The van der Waals surface area contributed by atoms with Gasteiger partial charge in [0.2, 0.25) is 0 Å². The highest BCUT2D eigenvalue weighted by Gasteiger charge is 2.45. The van der Waals surface area contributed by atoms with E-state index >= 15 is 0 Å². The van der Waals surface area contributed by atoms with Crippen LogP contribution in [0.15, 0.2) is 158 Å². The van der Waals surface area contributed by atoms with Gasteiger partial charge in [-0.25, -0.2) is 15.0 Å². The molecule has 4 atom stereocenters. The van der Waals surface area contributed by atoms with Gasteiger partial charge in [-0.05, 0) is 114 Å². The molecule has 63 heavy (non-hydrogen) atoms. The molecule has 12 rings (SSSR count). The lowest BCUT2D eigenvalue weighted by Gasteiger charge is -2.50. The number of thiophene rings is 1. The summed E-state index contributed by atoms with van der Waals surface area (Å²) in [6.45, 7) is 4.94. The van der Waals surface area contributed by atoms with E-state index in [1.807, 2.05) is 30.3 Å². The van der Waals surface area contributed by atoms with Crippen molar-refractivity contribution in [1.29, 1.82) is 5.26 Å². The van der Waals surface area contributed by atoms with Crippen molar-refractivity contribution >= 4 is 53.3 Å². The first-order valence-corrected chi connectivity index (χ1v) is 23.1. The van der Waals surface area contributed by atoms with Crippen LogP contribution in [0.3, 0.4) is 0 Å². The molecule has 2 aliphatic rings. The molecule has 2 aliphatic carbocycles. The molecule has 7 aromatic carbocycles. The maximum absolute atomic E-state index is 9.66. The fourth-order valence-corrected chi connectivity index (χ4v) is 13.0. The lowest BCUT2D eigenvalue weighted by atomic mass is 9.54. The number of hydrogen-bond donors (Lipinski definition) is 0. The van der Waals surface area contributed by atoms with E-state index in [2.05, 4.69) is 152 Å². The quantitative estimate of drug-likeness (QED) is 0.167. The summed E-state index contributed by atoms with van der Waals surface area (Å²) in [5, 5.41) is 14.1. The van der Waals surface area contributed by atoms with Crippen molar-refractivity contribution in [3.63, 3.8) is 0 Å². The van der Waals surface area contributed by atoms with Crippen LogP contribution in [0.1, 0.15) is 57.1 Å². The summed E-state index contributed by atoms with van der Waals surface area (Å²) in [6, 6.07) is 58.5. The smallest absolute Gasteiger partial charge is 0.165 e. The molecule has 2 unspecified atom stereocenters. The Bertz CT molecular complexity index is 3430. The molecule has 0 N–H and O–H groups in total. The highest BCUT2D eigenvalue weighted by molar-refractivity contribution is 7.26. The Labute approximate surface area is 371 Å². The van der Waals surface area contributed by atoms with Crippen molar-refractivity contribution in [1.82, 2.24) is 19.5 Å². The zero-order chi connectivity index (χ0) is 42.2. The SMILES string of the molecule is C[C@@H]1CC2C[C@H](C)CC(c3ccc(-c4cccc(-n5c6ccccc6c6c(-c7nc(-c8ccccc8)nc(-c8cccc9c8sc8cc(C#N)ccc89)n7)cccc65)c4)cc3)(C2)C1. The Hall–Kier alpha value is -6.94. The van der Waals surface area contributed by atoms with E-state index < -0.39 is 0 Å². The fourth-order valence-electron chi connectivity index (χ4n) is 11.8. The van der Waals surface area contributed by atoms with Gasteiger partial charge >= 0.3 is 0 Å². The minimum Gasteiger partial charge on any atom is -0.309 e. The maximum Gasteiger partial charge on any atom is 0.165 e. The molecule has 5 nitrogen and oxygen atoms in total. The van der Waals surface area contributed by atoms with Crippen molar-refractivity contribution in [2.75, 3.05) is 0 Å². The molecule has 0 saturated heterocycles. The lowest BCUT2D eigenvalue weighted by molar-refractivity contribution is 0.0780. The average molecular weight is 832 g/mol. The van der Waals surface area contributed by atoms with Gasteiger partial charge in [-0.2, -0.15) is 5.26 Å². The van der Waals surface area contributed by atoms with Crippen molar-refractivity contribution < 1.29 is 0 Å². The molecule has 304 valence electrons. The molecule has 0 radical (unpaired) electrons. The summed E-state index contributed by atoms with van der Waals surface area (Å²) in [5.41, 5.74) is 11.1. The third kappa shape index (κ3) is 6.36. The fraction of sp³-hybridized carbons (Fsp3) is 0.193. The summed E-state index contributed by atoms with van der Waals surface area (Å²) in [6.07, 6.45) is 6.75.